The second kappa shape index (κ2) is 33.0. The summed E-state index contributed by atoms with van der Waals surface area (Å²) < 4.78 is 62.7. The van der Waals surface area contributed by atoms with Crippen LogP contribution >= 0.6 is 0 Å². The molecule has 26 heteroatoms. The van der Waals surface area contributed by atoms with E-state index in [0.29, 0.717) is 32.1 Å². The lowest BCUT2D eigenvalue weighted by Crippen LogP contribution is -2.65. The van der Waals surface area contributed by atoms with Gasteiger partial charge in [-0.3, -0.25) is 9.59 Å². The van der Waals surface area contributed by atoms with E-state index >= 15 is 0 Å². The smallest absolute Gasteiger partial charge is 0.286 e. The predicted octanol–water partition coefficient (Wildman–Crippen LogP) is 1.75. The number of ether oxygens (including phenoxy) is 10. The van der Waals surface area contributed by atoms with Crippen molar-refractivity contribution in [3.8, 4) is 0 Å². The summed E-state index contributed by atoms with van der Waals surface area (Å²) in [4.78, 5) is 30.3. The van der Waals surface area contributed by atoms with E-state index in [-0.39, 0.29) is 70.8 Å². The molecule has 12 saturated heterocycles. The van der Waals surface area contributed by atoms with E-state index < -0.39 is 160 Å². The van der Waals surface area contributed by atoms with Crippen LogP contribution in [0.3, 0.4) is 0 Å². The Kier molecular flexibility index (Phi) is 24.4. The number of nitrogens with one attached hydrogen (secondary N) is 2. The molecule has 0 aliphatic carbocycles. The van der Waals surface area contributed by atoms with Crippen LogP contribution in [0.25, 0.3) is 21.5 Å². The molecule has 26 nitrogen and oxygen atoms in total. The van der Waals surface area contributed by atoms with Crippen molar-refractivity contribution in [2.24, 2.45) is 0 Å². The first-order valence-electron chi connectivity index (χ1n) is 35.4. The zero-order valence-corrected chi connectivity index (χ0v) is 57.5. The van der Waals surface area contributed by atoms with Crippen LogP contribution < -0.4 is 15.5 Å². The molecule has 12 fully saturated rings. The predicted molar refractivity (Wildman–Crippen MR) is 368 cm³/mol. The lowest BCUT2D eigenvalue weighted by molar-refractivity contribution is -0.425. The molecule has 0 saturated carbocycles. The third kappa shape index (κ3) is 15.6. The first-order chi connectivity index (χ1) is 48.8. The first-order valence-corrected chi connectivity index (χ1v) is 35.4. The van der Waals surface area contributed by atoms with Gasteiger partial charge in [-0.15, -0.1) is 0 Å². The van der Waals surface area contributed by atoms with Crippen LogP contribution in [0.4, 0.5) is 11.4 Å². The Morgan fingerprint density at radius 1 is 0.545 bits per heavy atom. The quantitative estimate of drug-likeness (QED) is 0.0303. The van der Waals surface area contributed by atoms with E-state index in [0.717, 1.165) is 55.5 Å². The highest BCUT2D eigenvalue weighted by Crippen LogP contribution is 2.51. The minimum absolute atomic E-state index is 0.00452. The molecule has 0 aromatic heterocycles. The maximum atomic E-state index is 14.1. The van der Waals surface area contributed by atoms with E-state index in [1.807, 2.05) is 71.4 Å². The highest BCUT2D eigenvalue weighted by Gasteiger charge is 2.55. The minimum Gasteiger partial charge on any atom is -0.394 e. The van der Waals surface area contributed by atoms with Gasteiger partial charge in [-0.25, -0.2) is 0 Å². The average molecular weight is 1410 g/mol. The molecule has 0 radical (unpaired) electrons. The number of hydrogen-bond donors (Lipinski definition) is 12. The topological polar surface area (TPSA) is 359 Å². The molecule has 550 valence electrons. The number of anilines is 1. The molecule has 0 spiro atoms. The SMILES string of the molecule is CC1(C)C(/C=C/C=C/C=C/C=C2/N(CC(=O)NCCCO[C@H]3C4CCCOC5[C@@H](CO)OC(OC([C@@H](CO)O4)[C@@H]3O)[C@H](O)[C@H]5O)c3ccc4ccccc4c3C2(C)C)=[N+](CC(=O)NCCCO[C@H]2C3OC4[C@@H](CO)OC(CCCOC([C@@H](CO)O3)[C@@H]2O)[C@H](O)[C@H]4O)c2ccc3ccccc3c21. The Hall–Kier alpha value is -6.03. The van der Waals surface area contributed by atoms with Crippen LogP contribution in [0.15, 0.2) is 121 Å². The monoisotopic (exact) mass is 1410 g/mol. The summed E-state index contributed by atoms with van der Waals surface area (Å²) in [7, 11) is 0. The van der Waals surface area contributed by atoms with Gasteiger partial charge in [0.1, 0.15) is 104 Å². The third-order valence-corrected chi connectivity index (χ3v) is 21.0. The van der Waals surface area contributed by atoms with E-state index in [2.05, 4.69) is 91.8 Å². The van der Waals surface area contributed by atoms with Gasteiger partial charge in [0.05, 0.1) is 44.1 Å². The summed E-state index contributed by atoms with van der Waals surface area (Å²) >= 11 is 0. The molecule has 12 N–H and O–H groups in total. The highest BCUT2D eigenvalue weighted by molar-refractivity contribution is 6.08. The second-order valence-electron chi connectivity index (χ2n) is 28.3. The minimum atomic E-state index is -1.60. The number of nitrogens with zero attached hydrogens (tertiary/aromatic N) is 2. The average Bonchev–Trinajstić information content (AvgIpc) is 1.58. The van der Waals surface area contributed by atoms with Gasteiger partial charge >= 0.3 is 0 Å². The van der Waals surface area contributed by atoms with Gasteiger partial charge in [0.25, 0.3) is 5.91 Å². The summed E-state index contributed by atoms with van der Waals surface area (Å²) in [6, 6.07) is 24.6. The van der Waals surface area contributed by atoms with Gasteiger partial charge in [0.15, 0.2) is 18.3 Å². The standard InChI is InChI=1S/C75H98N4O22/c1-74(2)54(78(46-28-26-42-18-10-12-20-44(42)58(46)74)36-56(84)76-30-16-34-94-66-49-23-15-33-92-67-50(38-80)98-72(63(89)62(67)88)100-70(64(66)90)53(41-83)97-49)24-8-6-5-7-9-25-55-75(3,4)59-45-21-13-11-19-43(45)27-29-47(59)79(55)37-57(85)77-31-17-35-95-71-65(91)68-51(39-81)99-73(71)101-69-52(40-82)96-48(22-14-32-93-68)60(86)61(69)87/h5-13,18-21,24-29,48-53,60-73,80-83,86-91H,14-17,22-23,30-41H2,1-4H3,(H-,76,77,84,85)/p+1/t48?,49?,50-,51-,52-,53-,60+,61-,62-,63-,64-,65+,66+,67?,68?,69?,70?,71-,72?,73?/m1/s1. The molecule has 20 atom stereocenters. The largest absolute Gasteiger partial charge is 0.394 e. The summed E-state index contributed by atoms with van der Waals surface area (Å²) in [5.74, 6) is -0.472. The second-order valence-corrected chi connectivity index (χ2v) is 28.3. The lowest BCUT2D eigenvalue weighted by atomic mass is 9.79. The van der Waals surface area contributed by atoms with Crippen molar-refractivity contribution in [2.45, 2.75) is 200 Å². The number of amides is 2. The van der Waals surface area contributed by atoms with Gasteiger partial charge < -0.3 is 114 Å². The lowest BCUT2D eigenvalue weighted by Gasteiger charge is -2.47. The number of hydrogen-bond acceptors (Lipinski definition) is 23. The van der Waals surface area contributed by atoms with Crippen molar-refractivity contribution in [1.29, 1.82) is 0 Å². The highest BCUT2D eigenvalue weighted by atomic mass is 16.7. The molecule has 14 aliphatic heterocycles. The fourth-order valence-corrected chi connectivity index (χ4v) is 15.9. The molecule has 14 aliphatic rings. The number of carbonyl (C=O) groups is 2. The number of carbonyl (C=O) groups excluding carboxylic acids is 2. The van der Waals surface area contributed by atoms with Crippen molar-refractivity contribution in [1.82, 2.24) is 10.6 Å². The van der Waals surface area contributed by atoms with Crippen LogP contribution in [0, 0.1) is 0 Å². The molecular formula is C75H99N4O22+. The summed E-state index contributed by atoms with van der Waals surface area (Å²) in [5.41, 5.74) is 4.75. The Balaban J connectivity index is 0.696. The Labute approximate surface area is 586 Å². The fraction of sp³-hybridized carbons (Fsp3) is 0.587. The number of aliphatic hydroxyl groups excluding tert-OH is 10. The van der Waals surface area contributed by atoms with E-state index in [4.69, 9.17) is 47.4 Å². The van der Waals surface area contributed by atoms with Gasteiger partial charge in [0.2, 0.25) is 18.1 Å². The molecule has 14 heterocycles. The molecule has 4 aromatic rings. The van der Waals surface area contributed by atoms with E-state index in [9.17, 15) is 60.7 Å². The third-order valence-electron chi connectivity index (χ3n) is 21.0. The van der Waals surface area contributed by atoms with Crippen molar-refractivity contribution in [2.75, 3.05) is 83.9 Å². The normalized spacial score (nSPS) is 34.5. The summed E-state index contributed by atoms with van der Waals surface area (Å²) in [5, 5.41) is 119. The number of aliphatic hydroxyl groups is 10. The molecular weight excluding hydrogens is 1310 g/mol. The van der Waals surface area contributed by atoms with E-state index in [1.54, 1.807) is 0 Å². The maximum absolute atomic E-state index is 14.1. The van der Waals surface area contributed by atoms with E-state index in [1.165, 1.54) is 0 Å². The van der Waals surface area contributed by atoms with Crippen LogP contribution in [-0.2, 0) is 67.8 Å². The van der Waals surface area contributed by atoms with Crippen molar-refractivity contribution in [3.05, 3.63) is 132 Å². The van der Waals surface area contributed by atoms with Gasteiger partial charge in [-0.1, -0.05) is 98.8 Å². The molecule has 2 amide bonds. The number of rotatable bonds is 22. The van der Waals surface area contributed by atoms with Crippen LogP contribution in [0.2, 0.25) is 0 Å². The van der Waals surface area contributed by atoms with Gasteiger partial charge in [-0.2, -0.15) is 4.58 Å². The summed E-state index contributed by atoms with van der Waals surface area (Å²) in [6.45, 7) is 7.31. The van der Waals surface area contributed by atoms with Crippen LogP contribution in [0.1, 0.15) is 77.3 Å². The Morgan fingerprint density at radius 2 is 1.07 bits per heavy atom. The van der Waals surface area contributed by atoms with Gasteiger partial charge in [0, 0.05) is 74.0 Å². The number of fused-ring (bicyclic) bond motifs is 6. The molecule has 18 rings (SSSR count). The Morgan fingerprint density at radius 3 is 1.74 bits per heavy atom. The fourth-order valence-electron chi connectivity index (χ4n) is 15.9. The van der Waals surface area contributed by atoms with Crippen LogP contribution in [0.5, 0.6) is 0 Å². The number of benzene rings is 4. The van der Waals surface area contributed by atoms with Crippen molar-refractivity contribution >= 4 is 50.4 Å². The van der Waals surface area contributed by atoms with Crippen LogP contribution in [-0.4, -0.2) is 275 Å². The number of allylic oxidation sites excluding steroid dienone is 8. The molecule has 4 aromatic carbocycles. The van der Waals surface area contributed by atoms with Crippen molar-refractivity contribution < 1.29 is 113 Å². The molecule has 101 heavy (non-hydrogen) atoms. The maximum Gasteiger partial charge on any atom is 0.286 e. The Bertz CT molecular complexity index is 3670. The zero-order chi connectivity index (χ0) is 71.3. The van der Waals surface area contributed by atoms with Crippen molar-refractivity contribution in [3.63, 3.8) is 0 Å². The first kappa shape index (κ1) is 74.7. The summed E-state index contributed by atoms with van der Waals surface area (Å²) in [6.07, 6.45) is -7.83. The zero-order valence-electron chi connectivity index (χ0n) is 57.5. The van der Waals surface area contributed by atoms with Gasteiger partial charge in [-0.05, 0) is 97.7 Å². The molecule has 8 bridgehead atoms. The molecule has 8 unspecified atom stereocenters.